The average Bonchev–Trinajstić information content (AvgIpc) is 2.42. The summed E-state index contributed by atoms with van der Waals surface area (Å²) in [6, 6.07) is 7.44. The van der Waals surface area contributed by atoms with Gasteiger partial charge >= 0.3 is 12.2 Å². The third-order valence-corrected chi connectivity index (χ3v) is 2.98. The number of alkyl halides is 3. The van der Waals surface area contributed by atoms with Crippen LogP contribution in [-0.4, -0.2) is 6.03 Å². The first-order valence-electron chi connectivity index (χ1n) is 5.96. The fraction of sp³-hybridized carbons (Fsp3) is 0.0714. The van der Waals surface area contributed by atoms with Crippen LogP contribution in [-0.2, 0) is 6.18 Å². The molecule has 0 fully saturated rings. The van der Waals surface area contributed by atoms with Crippen LogP contribution in [0.4, 0.5) is 33.7 Å². The maximum Gasteiger partial charge on any atom is 0.417 e. The zero-order valence-electron chi connectivity index (χ0n) is 10.8. The summed E-state index contributed by atoms with van der Waals surface area (Å²) < 4.78 is 51.5. The van der Waals surface area contributed by atoms with Gasteiger partial charge in [0.1, 0.15) is 5.82 Å². The number of anilines is 2. The standard InChI is InChI=1S/C14H9ClF4N2O/c15-10-6-5-8(7-9(10)14(17,18)19)20-13(22)21-12-4-2-1-3-11(12)16/h1-7H,(H2,20,21,22). The maximum absolute atomic E-state index is 13.4. The number of rotatable bonds is 2. The van der Waals surface area contributed by atoms with Gasteiger partial charge in [-0.3, -0.25) is 0 Å². The van der Waals surface area contributed by atoms with Crippen molar-refractivity contribution in [2.75, 3.05) is 10.6 Å². The molecule has 2 rings (SSSR count). The topological polar surface area (TPSA) is 41.1 Å². The molecule has 0 atom stereocenters. The lowest BCUT2D eigenvalue weighted by molar-refractivity contribution is -0.137. The van der Waals surface area contributed by atoms with Crippen molar-refractivity contribution >= 4 is 29.0 Å². The molecule has 116 valence electrons. The number of halogens is 5. The molecule has 2 aromatic carbocycles. The molecule has 0 aliphatic rings. The summed E-state index contributed by atoms with van der Waals surface area (Å²) in [5, 5.41) is 3.90. The second-order valence-electron chi connectivity index (χ2n) is 4.25. The van der Waals surface area contributed by atoms with E-state index in [1.807, 2.05) is 0 Å². The number of amides is 2. The fourth-order valence-electron chi connectivity index (χ4n) is 1.67. The molecule has 8 heteroatoms. The Bertz CT molecular complexity index is 703. The number of hydrogen-bond acceptors (Lipinski definition) is 1. The molecule has 0 bridgehead atoms. The molecule has 0 radical (unpaired) electrons. The Labute approximate surface area is 127 Å². The van der Waals surface area contributed by atoms with Gasteiger partial charge in [-0.2, -0.15) is 13.2 Å². The molecule has 0 aliphatic carbocycles. The lowest BCUT2D eigenvalue weighted by Gasteiger charge is -2.12. The molecular formula is C14H9ClF4N2O. The zero-order chi connectivity index (χ0) is 16.3. The van der Waals surface area contributed by atoms with Gasteiger partial charge in [-0.25, -0.2) is 9.18 Å². The fourth-order valence-corrected chi connectivity index (χ4v) is 1.89. The number of hydrogen-bond donors (Lipinski definition) is 2. The molecular weight excluding hydrogens is 324 g/mol. The van der Waals surface area contributed by atoms with Crippen LogP contribution in [0, 0.1) is 5.82 Å². The van der Waals surface area contributed by atoms with Crippen molar-refractivity contribution in [1.82, 2.24) is 0 Å². The lowest BCUT2D eigenvalue weighted by Crippen LogP contribution is -2.20. The van der Waals surface area contributed by atoms with E-state index in [4.69, 9.17) is 11.6 Å². The van der Waals surface area contributed by atoms with E-state index in [1.54, 1.807) is 0 Å². The maximum atomic E-state index is 13.4. The molecule has 3 nitrogen and oxygen atoms in total. The normalized spacial score (nSPS) is 11.1. The minimum Gasteiger partial charge on any atom is -0.308 e. The second-order valence-corrected chi connectivity index (χ2v) is 4.66. The van der Waals surface area contributed by atoms with E-state index in [-0.39, 0.29) is 11.4 Å². The van der Waals surface area contributed by atoms with Crippen LogP contribution in [0.1, 0.15) is 5.56 Å². The van der Waals surface area contributed by atoms with E-state index < -0.39 is 28.6 Å². The predicted octanol–water partition coefficient (Wildman–Crippen LogP) is 5.14. The summed E-state index contributed by atoms with van der Waals surface area (Å²) in [6.45, 7) is 0. The number of para-hydroxylation sites is 1. The van der Waals surface area contributed by atoms with E-state index in [2.05, 4.69) is 10.6 Å². The van der Waals surface area contributed by atoms with Crippen molar-refractivity contribution in [3.05, 3.63) is 58.9 Å². The zero-order valence-corrected chi connectivity index (χ0v) is 11.6. The number of urea groups is 1. The summed E-state index contributed by atoms with van der Waals surface area (Å²) in [7, 11) is 0. The van der Waals surface area contributed by atoms with E-state index >= 15 is 0 Å². The van der Waals surface area contributed by atoms with Crippen molar-refractivity contribution in [3.63, 3.8) is 0 Å². The van der Waals surface area contributed by atoms with Crippen molar-refractivity contribution in [2.45, 2.75) is 6.18 Å². The number of carbonyl (C=O) groups is 1. The highest BCUT2D eigenvalue weighted by molar-refractivity contribution is 6.31. The number of carbonyl (C=O) groups excluding carboxylic acids is 1. The highest BCUT2D eigenvalue weighted by atomic mass is 35.5. The van der Waals surface area contributed by atoms with E-state index in [1.165, 1.54) is 24.3 Å². The molecule has 0 saturated heterocycles. The van der Waals surface area contributed by atoms with Crippen LogP contribution in [0.15, 0.2) is 42.5 Å². The smallest absolute Gasteiger partial charge is 0.308 e. The lowest BCUT2D eigenvalue weighted by atomic mass is 10.2. The monoisotopic (exact) mass is 332 g/mol. The summed E-state index contributed by atoms with van der Waals surface area (Å²) in [4.78, 5) is 11.7. The van der Waals surface area contributed by atoms with Gasteiger partial charge in [-0.15, -0.1) is 0 Å². The first-order valence-corrected chi connectivity index (χ1v) is 6.34. The molecule has 0 aromatic heterocycles. The van der Waals surface area contributed by atoms with Gasteiger partial charge in [-0.1, -0.05) is 23.7 Å². The molecule has 0 heterocycles. The SMILES string of the molecule is O=C(Nc1ccc(Cl)c(C(F)(F)F)c1)Nc1ccccc1F. The highest BCUT2D eigenvalue weighted by Gasteiger charge is 2.33. The van der Waals surface area contributed by atoms with Gasteiger partial charge in [0.25, 0.3) is 0 Å². The molecule has 2 aromatic rings. The molecule has 2 amide bonds. The first kappa shape index (κ1) is 16.1. The Morgan fingerprint density at radius 3 is 2.36 bits per heavy atom. The van der Waals surface area contributed by atoms with Crippen molar-refractivity contribution in [3.8, 4) is 0 Å². The summed E-state index contributed by atoms with van der Waals surface area (Å²) in [6.07, 6.45) is -4.64. The molecule has 0 unspecified atom stereocenters. The average molecular weight is 333 g/mol. The molecule has 2 N–H and O–H groups in total. The van der Waals surface area contributed by atoms with Crippen LogP contribution >= 0.6 is 11.6 Å². The minimum absolute atomic E-state index is 0.0926. The number of benzene rings is 2. The summed E-state index contributed by atoms with van der Waals surface area (Å²) in [5.74, 6) is -0.662. The van der Waals surface area contributed by atoms with E-state index in [0.29, 0.717) is 6.07 Å². The third kappa shape index (κ3) is 3.88. The second kappa shape index (κ2) is 6.23. The highest BCUT2D eigenvalue weighted by Crippen LogP contribution is 2.36. The van der Waals surface area contributed by atoms with Crippen molar-refractivity contribution < 1.29 is 22.4 Å². The summed E-state index contributed by atoms with van der Waals surface area (Å²) in [5.41, 5.74) is -1.28. The number of nitrogens with one attached hydrogen (secondary N) is 2. The van der Waals surface area contributed by atoms with Crippen LogP contribution in [0.25, 0.3) is 0 Å². The largest absolute Gasteiger partial charge is 0.417 e. The van der Waals surface area contributed by atoms with E-state index in [0.717, 1.165) is 12.1 Å². The van der Waals surface area contributed by atoms with Crippen molar-refractivity contribution in [2.24, 2.45) is 0 Å². The van der Waals surface area contributed by atoms with Crippen LogP contribution < -0.4 is 10.6 Å². The molecule has 0 aliphatic heterocycles. The minimum atomic E-state index is -4.64. The summed E-state index contributed by atoms with van der Waals surface area (Å²) >= 11 is 5.47. The Morgan fingerprint density at radius 1 is 1.05 bits per heavy atom. The van der Waals surface area contributed by atoms with Crippen LogP contribution in [0.3, 0.4) is 0 Å². The van der Waals surface area contributed by atoms with E-state index in [9.17, 15) is 22.4 Å². The molecule has 22 heavy (non-hydrogen) atoms. The molecule has 0 saturated carbocycles. The predicted molar refractivity (Wildman–Crippen MR) is 75.5 cm³/mol. The van der Waals surface area contributed by atoms with Gasteiger partial charge in [0.05, 0.1) is 16.3 Å². The van der Waals surface area contributed by atoms with Gasteiger partial charge in [-0.05, 0) is 30.3 Å². The Hall–Kier alpha value is -2.28. The van der Waals surface area contributed by atoms with Gasteiger partial charge < -0.3 is 10.6 Å². The van der Waals surface area contributed by atoms with Crippen LogP contribution in [0.5, 0.6) is 0 Å². The van der Waals surface area contributed by atoms with Crippen LogP contribution in [0.2, 0.25) is 5.02 Å². The quantitative estimate of drug-likeness (QED) is 0.734. The Morgan fingerprint density at radius 2 is 1.73 bits per heavy atom. The Balaban J connectivity index is 2.14. The van der Waals surface area contributed by atoms with Gasteiger partial charge in [0.15, 0.2) is 0 Å². The Kier molecular flexibility index (Phi) is 4.56. The molecule has 0 spiro atoms. The first-order chi connectivity index (χ1) is 10.3. The van der Waals surface area contributed by atoms with Gasteiger partial charge in [0.2, 0.25) is 0 Å². The third-order valence-electron chi connectivity index (χ3n) is 2.65. The van der Waals surface area contributed by atoms with Crippen molar-refractivity contribution in [1.29, 1.82) is 0 Å². The van der Waals surface area contributed by atoms with Gasteiger partial charge in [0, 0.05) is 5.69 Å².